The van der Waals surface area contributed by atoms with Crippen molar-refractivity contribution >= 4 is 17.1 Å². The molecule has 0 bridgehead atoms. The number of anilines is 1. The standard InChI is InChI=1S/C26H22N6O3/c1-2-25(33)31-5-6-35-24-8-18(3-4-23(24)31)22-7-19(14-32-26(22)20(9-27)10-29-32)21-11-28-30(13-21)12-17-15-34-16-17/h2-4,7-8,10-11,13-14,17H,1,5-6,12,15-16H2. The Hall–Kier alpha value is -4.42. The third-order valence-corrected chi connectivity index (χ3v) is 6.43. The molecule has 0 atom stereocenters. The van der Waals surface area contributed by atoms with Crippen LogP contribution in [0, 0.1) is 17.2 Å². The molecule has 1 fully saturated rings. The minimum atomic E-state index is -0.167. The average molecular weight is 467 g/mol. The summed E-state index contributed by atoms with van der Waals surface area (Å²) < 4.78 is 14.8. The maximum absolute atomic E-state index is 12.3. The quantitative estimate of drug-likeness (QED) is 0.419. The van der Waals surface area contributed by atoms with Gasteiger partial charge in [0.15, 0.2) is 0 Å². The second-order valence-electron chi connectivity index (χ2n) is 8.69. The summed E-state index contributed by atoms with van der Waals surface area (Å²) in [6, 6.07) is 10.0. The number of nitrogens with zero attached hydrogens (tertiary/aromatic N) is 6. The van der Waals surface area contributed by atoms with Gasteiger partial charge in [-0.05, 0) is 29.8 Å². The van der Waals surface area contributed by atoms with E-state index in [1.807, 2.05) is 47.5 Å². The normalized spacial score (nSPS) is 15.2. The van der Waals surface area contributed by atoms with Crippen molar-refractivity contribution in [2.75, 3.05) is 31.3 Å². The highest BCUT2D eigenvalue weighted by molar-refractivity contribution is 6.03. The molecular formula is C26H22N6O3. The molecule has 0 saturated carbocycles. The second-order valence-corrected chi connectivity index (χ2v) is 8.69. The fourth-order valence-corrected chi connectivity index (χ4v) is 4.57. The first-order chi connectivity index (χ1) is 17.1. The second kappa shape index (κ2) is 8.42. The summed E-state index contributed by atoms with van der Waals surface area (Å²) in [4.78, 5) is 13.9. The summed E-state index contributed by atoms with van der Waals surface area (Å²) in [6.07, 6.45) is 8.65. The first kappa shape index (κ1) is 21.1. The van der Waals surface area contributed by atoms with Crippen molar-refractivity contribution in [3.63, 3.8) is 0 Å². The lowest BCUT2D eigenvalue weighted by atomic mass is 9.99. The van der Waals surface area contributed by atoms with Crippen LogP contribution >= 0.6 is 0 Å². The SMILES string of the molecule is C=CC(=O)N1CCOc2cc(-c3cc(-c4cnn(CC5COC5)c4)cn4ncc(C#N)c34)ccc21. The number of benzene rings is 1. The molecule has 0 spiro atoms. The van der Waals surface area contributed by atoms with Crippen LogP contribution in [0.1, 0.15) is 5.56 Å². The van der Waals surface area contributed by atoms with E-state index < -0.39 is 0 Å². The van der Waals surface area contributed by atoms with Gasteiger partial charge in [-0.2, -0.15) is 15.5 Å². The molecule has 35 heavy (non-hydrogen) atoms. The van der Waals surface area contributed by atoms with Gasteiger partial charge in [-0.25, -0.2) is 4.52 Å². The maximum Gasteiger partial charge on any atom is 0.250 e. The van der Waals surface area contributed by atoms with Crippen LogP contribution < -0.4 is 9.64 Å². The molecule has 2 aliphatic heterocycles. The molecule has 3 aromatic heterocycles. The number of carbonyl (C=O) groups excluding carboxylic acids is 1. The van der Waals surface area contributed by atoms with E-state index in [0.29, 0.717) is 41.6 Å². The first-order valence-corrected chi connectivity index (χ1v) is 11.4. The largest absolute Gasteiger partial charge is 0.490 e. The van der Waals surface area contributed by atoms with Gasteiger partial charge < -0.3 is 14.4 Å². The Bertz CT molecular complexity index is 1510. The number of hydrogen-bond donors (Lipinski definition) is 0. The lowest BCUT2D eigenvalue weighted by molar-refractivity contribution is -0.114. The molecule has 0 unspecified atom stereocenters. The van der Waals surface area contributed by atoms with E-state index in [1.165, 1.54) is 6.08 Å². The predicted octanol–water partition coefficient (Wildman–Crippen LogP) is 3.29. The number of rotatable bonds is 5. The number of amides is 1. The zero-order chi connectivity index (χ0) is 23.9. The van der Waals surface area contributed by atoms with Crippen molar-refractivity contribution in [2.24, 2.45) is 5.92 Å². The summed E-state index contributed by atoms with van der Waals surface area (Å²) in [6.45, 7) is 6.82. The van der Waals surface area contributed by atoms with E-state index in [-0.39, 0.29) is 5.91 Å². The Labute approximate surface area is 201 Å². The minimum absolute atomic E-state index is 0.167. The molecule has 1 saturated heterocycles. The van der Waals surface area contributed by atoms with Crippen LogP contribution in [0.2, 0.25) is 0 Å². The Morgan fingerprint density at radius 2 is 2.06 bits per heavy atom. The molecule has 9 nitrogen and oxygen atoms in total. The van der Waals surface area contributed by atoms with Gasteiger partial charge in [-0.3, -0.25) is 9.48 Å². The third-order valence-electron chi connectivity index (χ3n) is 6.43. The number of pyridine rings is 1. The molecule has 2 aliphatic rings. The van der Waals surface area contributed by atoms with E-state index in [2.05, 4.69) is 22.8 Å². The highest BCUT2D eigenvalue weighted by Crippen LogP contribution is 2.39. The van der Waals surface area contributed by atoms with E-state index in [1.54, 1.807) is 15.6 Å². The molecule has 6 rings (SSSR count). The molecule has 0 N–H and O–H groups in total. The zero-order valence-electron chi connectivity index (χ0n) is 18.9. The van der Waals surface area contributed by atoms with Crippen molar-refractivity contribution in [2.45, 2.75) is 6.54 Å². The fraction of sp³-hybridized carbons (Fsp3) is 0.231. The lowest BCUT2D eigenvalue weighted by Crippen LogP contribution is -2.36. The van der Waals surface area contributed by atoms with Gasteiger partial charge in [-0.1, -0.05) is 12.6 Å². The Balaban J connectivity index is 1.45. The number of hydrogen-bond acceptors (Lipinski definition) is 6. The smallest absolute Gasteiger partial charge is 0.250 e. The van der Waals surface area contributed by atoms with Crippen LogP contribution in [0.3, 0.4) is 0 Å². The maximum atomic E-state index is 12.3. The number of nitriles is 1. The minimum Gasteiger partial charge on any atom is -0.490 e. The van der Waals surface area contributed by atoms with E-state index >= 15 is 0 Å². The Morgan fingerprint density at radius 3 is 2.83 bits per heavy atom. The van der Waals surface area contributed by atoms with Crippen molar-refractivity contribution in [3.05, 3.63) is 67.3 Å². The molecule has 9 heteroatoms. The number of fused-ring (bicyclic) bond motifs is 2. The summed E-state index contributed by atoms with van der Waals surface area (Å²) in [5.41, 5.74) is 5.49. The van der Waals surface area contributed by atoms with Gasteiger partial charge in [0.1, 0.15) is 18.4 Å². The third kappa shape index (κ3) is 3.64. The molecule has 0 radical (unpaired) electrons. The molecular weight excluding hydrogens is 444 g/mol. The van der Waals surface area contributed by atoms with Gasteiger partial charge in [0, 0.05) is 41.5 Å². The molecule has 1 amide bonds. The highest BCUT2D eigenvalue weighted by Gasteiger charge is 2.24. The van der Waals surface area contributed by atoms with E-state index in [9.17, 15) is 10.1 Å². The highest BCUT2D eigenvalue weighted by atomic mass is 16.5. The number of aromatic nitrogens is 4. The Kier molecular flexibility index (Phi) is 5.08. The van der Waals surface area contributed by atoms with Crippen LogP contribution in [-0.2, 0) is 16.1 Å². The van der Waals surface area contributed by atoms with Crippen LogP contribution in [0.5, 0.6) is 5.75 Å². The van der Waals surface area contributed by atoms with Crippen molar-refractivity contribution in [3.8, 4) is 34.1 Å². The summed E-state index contributed by atoms with van der Waals surface area (Å²) in [5.74, 6) is 0.939. The van der Waals surface area contributed by atoms with E-state index in [4.69, 9.17) is 9.47 Å². The average Bonchev–Trinajstić information content (AvgIpc) is 3.51. The van der Waals surface area contributed by atoms with Crippen LogP contribution in [0.25, 0.3) is 27.8 Å². The molecule has 5 heterocycles. The zero-order valence-corrected chi connectivity index (χ0v) is 18.9. The summed E-state index contributed by atoms with van der Waals surface area (Å²) >= 11 is 0. The molecule has 1 aromatic carbocycles. The van der Waals surface area contributed by atoms with Gasteiger partial charge in [0.05, 0.1) is 48.9 Å². The predicted molar refractivity (Wildman–Crippen MR) is 129 cm³/mol. The van der Waals surface area contributed by atoms with Crippen molar-refractivity contribution in [1.82, 2.24) is 19.4 Å². The van der Waals surface area contributed by atoms with Gasteiger partial charge >= 0.3 is 0 Å². The number of carbonyl (C=O) groups is 1. The van der Waals surface area contributed by atoms with E-state index in [0.717, 1.165) is 42.0 Å². The fourth-order valence-electron chi connectivity index (χ4n) is 4.57. The van der Waals surface area contributed by atoms with Gasteiger partial charge in [-0.15, -0.1) is 0 Å². The number of ether oxygens (including phenoxy) is 2. The molecule has 0 aliphatic carbocycles. The monoisotopic (exact) mass is 466 g/mol. The summed E-state index contributed by atoms with van der Waals surface area (Å²) in [7, 11) is 0. The summed E-state index contributed by atoms with van der Waals surface area (Å²) in [5, 5.41) is 18.7. The van der Waals surface area contributed by atoms with Crippen molar-refractivity contribution in [1.29, 1.82) is 5.26 Å². The first-order valence-electron chi connectivity index (χ1n) is 11.4. The van der Waals surface area contributed by atoms with Gasteiger partial charge in [0.2, 0.25) is 0 Å². The van der Waals surface area contributed by atoms with Crippen LogP contribution in [0.15, 0.2) is 61.7 Å². The van der Waals surface area contributed by atoms with Crippen LogP contribution in [-0.4, -0.2) is 51.7 Å². The Morgan fingerprint density at radius 1 is 1.17 bits per heavy atom. The lowest BCUT2D eigenvalue weighted by Gasteiger charge is -2.29. The van der Waals surface area contributed by atoms with Gasteiger partial charge in [0.25, 0.3) is 5.91 Å². The molecule has 174 valence electrons. The topological polar surface area (TPSA) is 97.7 Å². The molecule has 4 aromatic rings. The van der Waals surface area contributed by atoms with Crippen molar-refractivity contribution < 1.29 is 14.3 Å². The van der Waals surface area contributed by atoms with Crippen LogP contribution in [0.4, 0.5) is 5.69 Å².